The highest BCUT2D eigenvalue weighted by molar-refractivity contribution is 7.07. The lowest BCUT2D eigenvalue weighted by molar-refractivity contribution is 0.574. The fourth-order valence-electron chi connectivity index (χ4n) is 1.74. The van der Waals surface area contributed by atoms with Gasteiger partial charge < -0.3 is 5.32 Å². The molecule has 2 rings (SSSR count). The predicted octanol–water partition coefficient (Wildman–Crippen LogP) is 4.34. The van der Waals surface area contributed by atoms with Gasteiger partial charge in [-0.1, -0.05) is 29.3 Å². The monoisotopic (exact) mass is 300 g/mol. The van der Waals surface area contributed by atoms with E-state index in [9.17, 15) is 0 Å². The van der Waals surface area contributed by atoms with Crippen molar-refractivity contribution in [3.8, 4) is 0 Å². The number of thiazole rings is 1. The van der Waals surface area contributed by atoms with Crippen molar-refractivity contribution in [1.29, 1.82) is 0 Å². The van der Waals surface area contributed by atoms with Crippen LogP contribution in [0, 0.1) is 0 Å². The fourth-order valence-corrected chi connectivity index (χ4v) is 2.91. The number of nitrogens with one attached hydrogen (secondary N) is 1. The lowest BCUT2D eigenvalue weighted by atomic mass is 10.1. The Morgan fingerprint density at radius 1 is 1.39 bits per heavy atom. The summed E-state index contributed by atoms with van der Waals surface area (Å²) in [5, 5.41) is 6.88. The Kier molecular flexibility index (Phi) is 5.01. The summed E-state index contributed by atoms with van der Waals surface area (Å²) in [7, 11) is 0. The third-order valence-electron chi connectivity index (χ3n) is 2.74. The van der Waals surface area contributed by atoms with Gasteiger partial charge in [0.15, 0.2) is 0 Å². The second-order valence-electron chi connectivity index (χ2n) is 4.07. The van der Waals surface area contributed by atoms with Crippen molar-refractivity contribution in [1.82, 2.24) is 10.3 Å². The topological polar surface area (TPSA) is 24.9 Å². The van der Waals surface area contributed by atoms with E-state index >= 15 is 0 Å². The summed E-state index contributed by atoms with van der Waals surface area (Å²) in [5.74, 6) is 0. The van der Waals surface area contributed by atoms with E-state index in [4.69, 9.17) is 23.2 Å². The molecule has 1 aromatic heterocycles. The lowest BCUT2D eigenvalue weighted by Gasteiger charge is -2.15. The van der Waals surface area contributed by atoms with Gasteiger partial charge in [0.25, 0.3) is 0 Å². The van der Waals surface area contributed by atoms with Crippen molar-refractivity contribution in [2.75, 3.05) is 6.54 Å². The Labute approximate surface area is 121 Å². The van der Waals surface area contributed by atoms with Crippen LogP contribution in [0.15, 0.2) is 29.1 Å². The van der Waals surface area contributed by atoms with E-state index in [2.05, 4.69) is 22.6 Å². The van der Waals surface area contributed by atoms with E-state index in [1.54, 1.807) is 17.4 Å². The van der Waals surface area contributed by atoms with Crippen molar-refractivity contribution >= 4 is 34.5 Å². The SMILES string of the molecule is CC(NCCc1cscn1)c1ccc(Cl)cc1Cl. The first-order chi connectivity index (χ1) is 8.66. The highest BCUT2D eigenvalue weighted by atomic mass is 35.5. The molecule has 0 aliphatic rings. The molecule has 0 fully saturated rings. The average Bonchev–Trinajstić information content (AvgIpc) is 2.81. The molecule has 0 spiro atoms. The van der Waals surface area contributed by atoms with Crippen LogP contribution >= 0.6 is 34.5 Å². The number of halogens is 2. The molecule has 0 aliphatic heterocycles. The second-order valence-corrected chi connectivity index (χ2v) is 5.63. The van der Waals surface area contributed by atoms with Gasteiger partial charge in [0.1, 0.15) is 0 Å². The number of nitrogens with zero attached hydrogens (tertiary/aromatic N) is 1. The van der Waals surface area contributed by atoms with E-state index in [-0.39, 0.29) is 6.04 Å². The van der Waals surface area contributed by atoms with Crippen LogP contribution in [0.4, 0.5) is 0 Å². The van der Waals surface area contributed by atoms with Crippen molar-refractivity contribution in [3.05, 3.63) is 50.4 Å². The van der Waals surface area contributed by atoms with Crippen LogP contribution in [0.3, 0.4) is 0 Å². The van der Waals surface area contributed by atoms with Crippen LogP contribution in [-0.2, 0) is 6.42 Å². The molecule has 0 saturated carbocycles. The summed E-state index contributed by atoms with van der Waals surface area (Å²) in [6.07, 6.45) is 0.930. The molecule has 1 aromatic carbocycles. The molecule has 0 amide bonds. The van der Waals surface area contributed by atoms with E-state index in [0.29, 0.717) is 10.0 Å². The molecular weight excluding hydrogens is 287 g/mol. The lowest BCUT2D eigenvalue weighted by Crippen LogP contribution is -2.21. The smallest absolute Gasteiger partial charge is 0.0794 e. The van der Waals surface area contributed by atoms with Gasteiger partial charge in [0.05, 0.1) is 11.2 Å². The van der Waals surface area contributed by atoms with Crippen molar-refractivity contribution in [2.24, 2.45) is 0 Å². The summed E-state index contributed by atoms with van der Waals surface area (Å²) in [6.45, 7) is 2.97. The van der Waals surface area contributed by atoms with Gasteiger partial charge in [-0.2, -0.15) is 0 Å². The molecule has 1 N–H and O–H groups in total. The average molecular weight is 301 g/mol. The van der Waals surface area contributed by atoms with E-state index in [1.165, 1.54) is 0 Å². The summed E-state index contributed by atoms with van der Waals surface area (Å²) < 4.78 is 0. The van der Waals surface area contributed by atoms with Crippen LogP contribution in [0.1, 0.15) is 24.2 Å². The molecule has 0 radical (unpaired) electrons. The number of rotatable bonds is 5. The van der Waals surface area contributed by atoms with Crippen LogP contribution < -0.4 is 5.32 Å². The fraction of sp³-hybridized carbons (Fsp3) is 0.308. The molecule has 2 nitrogen and oxygen atoms in total. The molecule has 18 heavy (non-hydrogen) atoms. The number of benzene rings is 1. The van der Waals surface area contributed by atoms with Crippen molar-refractivity contribution < 1.29 is 0 Å². The van der Waals surface area contributed by atoms with Gasteiger partial charge in [-0.15, -0.1) is 11.3 Å². The molecule has 5 heteroatoms. The van der Waals surface area contributed by atoms with Gasteiger partial charge in [-0.25, -0.2) is 4.98 Å². The summed E-state index contributed by atoms with van der Waals surface area (Å²) in [6, 6.07) is 5.80. The minimum absolute atomic E-state index is 0.202. The van der Waals surface area contributed by atoms with Gasteiger partial charge in [-0.05, 0) is 24.6 Å². The third kappa shape index (κ3) is 3.69. The second kappa shape index (κ2) is 6.53. The van der Waals surface area contributed by atoms with Crippen molar-refractivity contribution in [2.45, 2.75) is 19.4 Å². The summed E-state index contributed by atoms with van der Waals surface area (Å²) in [5.41, 5.74) is 4.05. The first kappa shape index (κ1) is 13.8. The predicted molar refractivity (Wildman–Crippen MR) is 78.7 cm³/mol. The quantitative estimate of drug-likeness (QED) is 0.888. The van der Waals surface area contributed by atoms with E-state index in [1.807, 2.05) is 17.6 Å². The van der Waals surface area contributed by atoms with Crippen LogP contribution in [0.2, 0.25) is 10.0 Å². The van der Waals surface area contributed by atoms with Crippen LogP contribution in [-0.4, -0.2) is 11.5 Å². The number of hydrogen-bond donors (Lipinski definition) is 1. The van der Waals surface area contributed by atoms with E-state index in [0.717, 1.165) is 24.2 Å². The maximum absolute atomic E-state index is 6.17. The molecule has 0 bridgehead atoms. The molecule has 2 aromatic rings. The Bertz CT molecular complexity index is 500. The minimum Gasteiger partial charge on any atom is -0.310 e. The molecule has 96 valence electrons. The highest BCUT2D eigenvalue weighted by Gasteiger charge is 2.09. The Hall–Kier alpha value is -0.610. The van der Waals surface area contributed by atoms with Crippen LogP contribution in [0.5, 0.6) is 0 Å². The number of aromatic nitrogens is 1. The van der Waals surface area contributed by atoms with E-state index < -0.39 is 0 Å². The first-order valence-electron chi connectivity index (χ1n) is 5.72. The Morgan fingerprint density at radius 3 is 2.89 bits per heavy atom. The van der Waals surface area contributed by atoms with Crippen LogP contribution in [0.25, 0.3) is 0 Å². The molecule has 0 saturated heterocycles. The van der Waals surface area contributed by atoms with Gasteiger partial charge in [0.2, 0.25) is 0 Å². The van der Waals surface area contributed by atoms with Gasteiger partial charge >= 0.3 is 0 Å². The molecular formula is C13H14Cl2N2S. The third-order valence-corrected chi connectivity index (χ3v) is 3.94. The molecule has 1 unspecified atom stereocenters. The summed E-state index contributed by atoms with van der Waals surface area (Å²) >= 11 is 13.7. The maximum Gasteiger partial charge on any atom is 0.0794 e. The summed E-state index contributed by atoms with van der Waals surface area (Å²) in [4.78, 5) is 4.25. The Morgan fingerprint density at radius 2 is 2.22 bits per heavy atom. The zero-order chi connectivity index (χ0) is 13.0. The highest BCUT2D eigenvalue weighted by Crippen LogP contribution is 2.25. The van der Waals surface area contributed by atoms with Gasteiger partial charge in [-0.3, -0.25) is 0 Å². The molecule has 1 heterocycles. The zero-order valence-corrected chi connectivity index (χ0v) is 12.3. The molecule has 0 aliphatic carbocycles. The minimum atomic E-state index is 0.202. The maximum atomic E-state index is 6.17. The Balaban J connectivity index is 1.89. The molecule has 1 atom stereocenters. The zero-order valence-electron chi connectivity index (χ0n) is 9.99. The van der Waals surface area contributed by atoms with Crippen molar-refractivity contribution in [3.63, 3.8) is 0 Å². The van der Waals surface area contributed by atoms with Gasteiger partial charge in [0, 0.05) is 34.4 Å². The largest absolute Gasteiger partial charge is 0.310 e. The normalized spacial score (nSPS) is 12.6. The first-order valence-corrected chi connectivity index (χ1v) is 7.42. The number of hydrogen-bond acceptors (Lipinski definition) is 3. The standard InChI is InChI=1S/C13H14Cl2N2S/c1-9(12-3-2-10(14)6-13(12)15)16-5-4-11-7-18-8-17-11/h2-3,6-9,16H,4-5H2,1H3.